The molecule has 0 unspecified atom stereocenters. The monoisotopic (exact) mass is 344 g/mol. The highest BCUT2D eigenvalue weighted by Crippen LogP contribution is 2.04. The van der Waals surface area contributed by atoms with Crippen LogP contribution in [-0.4, -0.2) is 83.0 Å². The lowest BCUT2D eigenvalue weighted by Gasteiger charge is -2.07. The third kappa shape index (κ3) is 9.36. The van der Waals surface area contributed by atoms with E-state index in [4.69, 9.17) is 23.7 Å². The zero-order chi connectivity index (χ0) is 17.5. The Bertz CT molecular complexity index is 459. The third-order valence-corrected chi connectivity index (χ3v) is 2.66. The molecule has 0 bridgehead atoms. The van der Waals surface area contributed by atoms with Crippen LogP contribution in [0.15, 0.2) is 12.3 Å². The Hall–Kier alpha value is -1.81. The van der Waals surface area contributed by atoms with Gasteiger partial charge in [-0.25, -0.2) is 9.78 Å². The Morgan fingerprint density at radius 1 is 0.917 bits per heavy atom. The summed E-state index contributed by atoms with van der Waals surface area (Å²) in [5.41, 5.74) is 0.143. The van der Waals surface area contributed by atoms with Crippen LogP contribution in [0, 0.1) is 0 Å². The second kappa shape index (κ2) is 13.6. The molecule has 136 valence electrons. The Morgan fingerprint density at radius 2 is 1.50 bits per heavy atom. The highest BCUT2D eigenvalue weighted by atomic mass is 16.6. The highest BCUT2D eigenvalue weighted by molar-refractivity contribution is 5.86. The number of esters is 1. The van der Waals surface area contributed by atoms with E-state index in [1.54, 1.807) is 7.11 Å². The maximum atomic E-state index is 11.3. The second-order valence-corrected chi connectivity index (χ2v) is 4.39. The fraction of sp³-hybridized carbons (Fsp3) is 0.667. The first-order valence-corrected chi connectivity index (χ1v) is 7.54. The van der Waals surface area contributed by atoms with Gasteiger partial charge in [-0.05, 0) is 6.07 Å². The summed E-state index contributed by atoms with van der Waals surface area (Å²) in [5.74, 6) is -0.540. The Kier molecular flexibility index (Phi) is 11.5. The van der Waals surface area contributed by atoms with Gasteiger partial charge in [0.25, 0.3) is 0 Å². The Morgan fingerprint density at radius 3 is 2.08 bits per heavy atom. The summed E-state index contributed by atoms with van der Waals surface area (Å²) < 4.78 is 30.6. The lowest BCUT2D eigenvalue weighted by molar-refractivity contribution is -0.000193. The van der Waals surface area contributed by atoms with Gasteiger partial charge in [-0.15, -0.1) is 0 Å². The molecule has 0 amide bonds. The van der Waals surface area contributed by atoms with Crippen molar-refractivity contribution in [2.75, 3.05) is 67.1 Å². The zero-order valence-electron chi connectivity index (χ0n) is 14.1. The second-order valence-electron chi connectivity index (χ2n) is 4.39. The predicted molar refractivity (Wildman–Crippen MR) is 83.2 cm³/mol. The van der Waals surface area contributed by atoms with E-state index < -0.39 is 5.97 Å². The molecule has 0 atom stereocenters. The molecule has 0 aliphatic rings. The van der Waals surface area contributed by atoms with Gasteiger partial charge in [0.2, 0.25) is 0 Å². The van der Waals surface area contributed by atoms with Gasteiger partial charge >= 0.3 is 12.0 Å². The predicted octanol–water partition coefficient (Wildman–Crippen LogP) is 0.338. The standard InChI is InChI=1S/C15H24N2O7/c1-19-5-6-21-7-8-22-9-10-23-11-12-24-15-16-4-3-13(17-15)14(18)20-2/h3-4H,5-12H2,1-2H3. The summed E-state index contributed by atoms with van der Waals surface area (Å²) in [6.45, 7) is 3.73. The molecular weight excluding hydrogens is 320 g/mol. The molecule has 24 heavy (non-hydrogen) atoms. The molecular formula is C15H24N2O7. The van der Waals surface area contributed by atoms with E-state index in [1.807, 2.05) is 0 Å². The molecule has 1 rings (SSSR count). The fourth-order valence-corrected chi connectivity index (χ4v) is 1.50. The molecule has 0 aromatic carbocycles. The number of hydrogen-bond donors (Lipinski definition) is 0. The molecule has 9 heteroatoms. The molecule has 0 aliphatic carbocycles. The number of ether oxygens (including phenoxy) is 6. The SMILES string of the molecule is COCCOCCOCCOCCOc1nccc(C(=O)OC)n1. The van der Waals surface area contributed by atoms with Crippen molar-refractivity contribution in [1.29, 1.82) is 0 Å². The van der Waals surface area contributed by atoms with E-state index in [0.717, 1.165) is 0 Å². The average molecular weight is 344 g/mol. The first-order valence-electron chi connectivity index (χ1n) is 7.54. The van der Waals surface area contributed by atoms with E-state index in [0.29, 0.717) is 46.2 Å². The minimum atomic E-state index is -0.540. The van der Waals surface area contributed by atoms with Crippen LogP contribution in [0.5, 0.6) is 6.01 Å². The topological polar surface area (TPSA) is 98.2 Å². The number of carbonyl (C=O) groups is 1. The van der Waals surface area contributed by atoms with E-state index >= 15 is 0 Å². The van der Waals surface area contributed by atoms with Gasteiger partial charge in [-0.3, -0.25) is 0 Å². The number of aromatic nitrogens is 2. The first kappa shape index (κ1) is 20.2. The molecule has 1 aromatic rings. The molecule has 0 aliphatic heterocycles. The molecule has 1 aromatic heterocycles. The maximum absolute atomic E-state index is 11.3. The zero-order valence-corrected chi connectivity index (χ0v) is 14.1. The van der Waals surface area contributed by atoms with Gasteiger partial charge in [0.15, 0.2) is 5.69 Å². The van der Waals surface area contributed by atoms with Crippen molar-refractivity contribution in [1.82, 2.24) is 9.97 Å². The Balaban J connectivity index is 1.98. The third-order valence-electron chi connectivity index (χ3n) is 2.66. The first-order chi connectivity index (χ1) is 11.8. The summed E-state index contributed by atoms with van der Waals surface area (Å²) in [4.78, 5) is 19.1. The molecule has 0 fully saturated rings. The van der Waals surface area contributed by atoms with E-state index in [2.05, 4.69) is 14.7 Å². The lowest BCUT2D eigenvalue weighted by atomic mass is 10.4. The van der Waals surface area contributed by atoms with Crippen molar-refractivity contribution in [3.63, 3.8) is 0 Å². The summed E-state index contributed by atoms with van der Waals surface area (Å²) in [5, 5.41) is 0. The Labute approximate surface area is 141 Å². The summed E-state index contributed by atoms with van der Waals surface area (Å²) in [6, 6.07) is 1.55. The summed E-state index contributed by atoms with van der Waals surface area (Å²) in [7, 11) is 2.91. The van der Waals surface area contributed by atoms with Crippen molar-refractivity contribution >= 4 is 5.97 Å². The van der Waals surface area contributed by atoms with Crippen molar-refractivity contribution in [2.45, 2.75) is 0 Å². The molecule has 0 radical (unpaired) electrons. The number of methoxy groups -OCH3 is 2. The van der Waals surface area contributed by atoms with E-state index in [-0.39, 0.29) is 18.3 Å². The molecule has 0 spiro atoms. The normalized spacial score (nSPS) is 10.6. The van der Waals surface area contributed by atoms with Crippen LogP contribution < -0.4 is 4.74 Å². The average Bonchev–Trinajstić information content (AvgIpc) is 2.62. The van der Waals surface area contributed by atoms with Crippen LogP contribution in [0.1, 0.15) is 10.5 Å². The van der Waals surface area contributed by atoms with Crippen molar-refractivity contribution in [2.24, 2.45) is 0 Å². The van der Waals surface area contributed by atoms with Crippen LogP contribution >= 0.6 is 0 Å². The minimum absolute atomic E-state index is 0.103. The van der Waals surface area contributed by atoms with Gasteiger partial charge in [0.05, 0.1) is 53.4 Å². The highest BCUT2D eigenvalue weighted by Gasteiger charge is 2.08. The van der Waals surface area contributed by atoms with Crippen molar-refractivity contribution in [3.8, 4) is 6.01 Å². The maximum Gasteiger partial charge on any atom is 0.356 e. The molecule has 0 saturated carbocycles. The summed E-state index contributed by atoms with van der Waals surface area (Å²) in [6.07, 6.45) is 1.43. The summed E-state index contributed by atoms with van der Waals surface area (Å²) >= 11 is 0. The van der Waals surface area contributed by atoms with Crippen molar-refractivity contribution in [3.05, 3.63) is 18.0 Å². The molecule has 0 saturated heterocycles. The van der Waals surface area contributed by atoms with Crippen LogP contribution in [0.4, 0.5) is 0 Å². The molecule has 9 nitrogen and oxygen atoms in total. The van der Waals surface area contributed by atoms with Gasteiger partial charge in [-0.1, -0.05) is 0 Å². The molecule has 1 heterocycles. The quantitative estimate of drug-likeness (QED) is 0.349. The fourth-order valence-electron chi connectivity index (χ4n) is 1.50. The van der Waals surface area contributed by atoms with Crippen molar-refractivity contribution < 1.29 is 33.2 Å². The van der Waals surface area contributed by atoms with Crippen LogP contribution in [0.3, 0.4) is 0 Å². The molecule has 0 N–H and O–H groups in total. The van der Waals surface area contributed by atoms with Crippen LogP contribution in [0.2, 0.25) is 0 Å². The number of rotatable bonds is 14. The number of hydrogen-bond acceptors (Lipinski definition) is 9. The van der Waals surface area contributed by atoms with Gasteiger partial charge < -0.3 is 28.4 Å². The van der Waals surface area contributed by atoms with E-state index in [1.165, 1.54) is 19.4 Å². The number of carbonyl (C=O) groups excluding carboxylic acids is 1. The smallest absolute Gasteiger partial charge is 0.356 e. The van der Waals surface area contributed by atoms with Gasteiger partial charge in [-0.2, -0.15) is 4.98 Å². The largest absolute Gasteiger partial charge is 0.464 e. The van der Waals surface area contributed by atoms with Gasteiger partial charge in [0, 0.05) is 13.3 Å². The van der Waals surface area contributed by atoms with E-state index in [9.17, 15) is 4.79 Å². The lowest BCUT2D eigenvalue weighted by Crippen LogP contribution is -2.14. The number of nitrogens with zero attached hydrogens (tertiary/aromatic N) is 2. The van der Waals surface area contributed by atoms with Crippen LogP contribution in [-0.2, 0) is 23.7 Å². The van der Waals surface area contributed by atoms with Crippen LogP contribution in [0.25, 0.3) is 0 Å². The van der Waals surface area contributed by atoms with Gasteiger partial charge in [0.1, 0.15) is 6.61 Å². The minimum Gasteiger partial charge on any atom is -0.464 e.